The lowest BCUT2D eigenvalue weighted by Gasteiger charge is -2.40. The Hall–Kier alpha value is -0.120. The van der Waals surface area contributed by atoms with E-state index in [0.717, 1.165) is 25.0 Å². The summed E-state index contributed by atoms with van der Waals surface area (Å²) in [5.74, 6) is 0.746. The summed E-state index contributed by atoms with van der Waals surface area (Å²) < 4.78 is 0. The van der Waals surface area contributed by atoms with Gasteiger partial charge in [0.25, 0.3) is 0 Å². The molecule has 1 heterocycles. The molecule has 0 aliphatic carbocycles. The van der Waals surface area contributed by atoms with Crippen LogP contribution in [0, 0.1) is 5.92 Å². The zero-order valence-electron chi connectivity index (χ0n) is 13.8. The van der Waals surface area contributed by atoms with Crippen LogP contribution in [0.3, 0.4) is 0 Å². The van der Waals surface area contributed by atoms with Crippen LogP contribution in [-0.2, 0) is 0 Å². The quantitative estimate of drug-likeness (QED) is 0.730. The van der Waals surface area contributed by atoms with Crippen LogP contribution >= 0.6 is 0 Å². The summed E-state index contributed by atoms with van der Waals surface area (Å²) in [5, 5.41) is 3.62. The van der Waals surface area contributed by atoms with Gasteiger partial charge >= 0.3 is 0 Å². The Bertz CT molecular complexity index is 222. The maximum atomic E-state index is 3.62. The molecule has 1 rings (SSSR count). The van der Waals surface area contributed by atoms with Gasteiger partial charge < -0.3 is 10.2 Å². The second-order valence-corrected chi connectivity index (χ2v) is 6.45. The molecule has 3 nitrogen and oxygen atoms in total. The largest absolute Gasteiger partial charge is 0.315 e. The van der Waals surface area contributed by atoms with Gasteiger partial charge in [-0.3, -0.25) is 4.90 Å². The monoisotopic (exact) mass is 269 g/mol. The Morgan fingerprint density at radius 3 is 2.26 bits per heavy atom. The summed E-state index contributed by atoms with van der Waals surface area (Å²) in [5.41, 5.74) is 0. The smallest absolute Gasteiger partial charge is 0.0217 e. The molecule has 0 spiro atoms. The van der Waals surface area contributed by atoms with Crippen molar-refractivity contribution in [3.63, 3.8) is 0 Å². The minimum Gasteiger partial charge on any atom is -0.315 e. The second-order valence-electron chi connectivity index (χ2n) is 6.45. The number of nitrogens with one attached hydrogen (secondary N) is 1. The standard InChI is InChI=1S/C16H35N3/c1-6-15(13-17-12-14(3)4)18(5)16-8-10-19(7-2)11-9-16/h14-17H,6-13H2,1-5H3. The molecule has 3 heteroatoms. The molecule has 114 valence electrons. The van der Waals surface area contributed by atoms with Crippen LogP contribution in [-0.4, -0.2) is 61.7 Å². The average Bonchev–Trinajstić information content (AvgIpc) is 2.43. The third-order valence-electron chi connectivity index (χ3n) is 4.56. The lowest BCUT2D eigenvalue weighted by atomic mass is 10.0. The first-order valence-electron chi connectivity index (χ1n) is 8.23. The number of likely N-dealkylation sites (N-methyl/N-ethyl adjacent to an activating group) is 1. The molecule has 0 aromatic heterocycles. The number of hydrogen-bond donors (Lipinski definition) is 1. The van der Waals surface area contributed by atoms with Gasteiger partial charge in [-0.05, 0) is 58.4 Å². The van der Waals surface area contributed by atoms with Crippen LogP contribution in [0.4, 0.5) is 0 Å². The Balaban J connectivity index is 2.34. The molecule has 1 fully saturated rings. The molecule has 0 saturated carbocycles. The van der Waals surface area contributed by atoms with E-state index >= 15 is 0 Å². The van der Waals surface area contributed by atoms with Gasteiger partial charge in [-0.15, -0.1) is 0 Å². The number of piperidine rings is 1. The molecule has 0 aromatic carbocycles. The molecule has 1 unspecified atom stereocenters. The van der Waals surface area contributed by atoms with Crippen molar-refractivity contribution in [3.8, 4) is 0 Å². The summed E-state index contributed by atoms with van der Waals surface area (Å²) >= 11 is 0. The predicted octanol–water partition coefficient (Wildman–Crippen LogP) is 2.43. The van der Waals surface area contributed by atoms with Gasteiger partial charge in [-0.25, -0.2) is 0 Å². The topological polar surface area (TPSA) is 18.5 Å². The number of nitrogens with zero attached hydrogens (tertiary/aromatic N) is 2. The third kappa shape index (κ3) is 5.80. The van der Waals surface area contributed by atoms with E-state index in [0.29, 0.717) is 6.04 Å². The molecular formula is C16H35N3. The van der Waals surface area contributed by atoms with E-state index in [1.165, 1.54) is 38.9 Å². The van der Waals surface area contributed by atoms with Gasteiger partial charge in [0.05, 0.1) is 0 Å². The van der Waals surface area contributed by atoms with Crippen molar-refractivity contribution in [1.82, 2.24) is 15.1 Å². The summed E-state index contributed by atoms with van der Waals surface area (Å²) in [7, 11) is 2.33. The van der Waals surface area contributed by atoms with Crippen LogP contribution in [0.5, 0.6) is 0 Å². The van der Waals surface area contributed by atoms with Crippen molar-refractivity contribution in [1.29, 1.82) is 0 Å². The molecule has 0 aromatic rings. The van der Waals surface area contributed by atoms with Crippen molar-refractivity contribution in [2.24, 2.45) is 5.92 Å². The Morgan fingerprint density at radius 1 is 1.16 bits per heavy atom. The molecule has 1 saturated heterocycles. The van der Waals surface area contributed by atoms with Gasteiger partial charge in [-0.2, -0.15) is 0 Å². The van der Waals surface area contributed by atoms with Crippen LogP contribution < -0.4 is 5.32 Å². The van der Waals surface area contributed by atoms with Gasteiger partial charge in [0.15, 0.2) is 0 Å². The molecular weight excluding hydrogens is 234 g/mol. The number of likely N-dealkylation sites (tertiary alicyclic amines) is 1. The van der Waals surface area contributed by atoms with Crippen LogP contribution in [0.25, 0.3) is 0 Å². The fourth-order valence-corrected chi connectivity index (χ4v) is 3.06. The zero-order chi connectivity index (χ0) is 14.3. The van der Waals surface area contributed by atoms with Crippen LogP contribution in [0.1, 0.15) is 47.0 Å². The van der Waals surface area contributed by atoms with Gasteiger partial charge in [0.2, 0.25) is 0 Å². The lowest BCUT2D eigenvalue weighted by Crippen LogP contribution is -2.50. The Kier molecular flexibility index (Phi) is 7.96. The Labute approximate surface area is 120 Å². The van der Waals surface area contributed by atoms with Crippen molar-refractivity contribution < 1.29 is 0 Å². The van der Waals surface area contributed by atoms with Crippen molar-refractivity contribution in [2.45, 2.75) is 59.0 Å². The normalized spacial score (nSPS) is 20.4. The third-order valence-corrected chi connectivity index (χ3v) is 4.56. The fraction of sp³-hybridized carbons (Fsp3) is 1.00. The van der Waals surface area contributed by atoms with E-state index in [9.17, 15) is 0 Å². The minimum absolute atomic E-state index is 0.692. The molecule has 1 aliphatic rings. The Morgan fingerprint density at radius 2 is 1.79 bits per heavy atom. The van der Waals surface area contributed by atoms with Gasteiger partial charge in [-0.1, -0.05) is 27.7 Å². The number of rotatable bonds is 8. The van der Waals surface area contributed by atoms with Crippen LogP contribution in [0.2, 0.25) is 0 Å². The van der Waals surface area contributed by atoms with Gasteiger partial charge in [0, 0.05) is 18.6 Å². The summed E-state index contributed by atoms with van der Waals surface area (Å²) in [6, 6.07) is 1.48. The second kappa shape index (κ2) is 8.93. The number of hydrogen-bond acceptors (Lipinski definition) is 3. The summed E-state index contributed by atoms with van der Waals surface area (Å²) in [4.78, 5) is 5.21. The lowest BCUT2D eigenvalue weighted by molar-refractivity contribution is 0.0955. The molecule has 0 bridgehead atoms. The van der Waals surface area contributed by atoms with E-state index in [-0.39, 0.29) is 0 Å². The zero-order valence-corrected chi connectivity index (χ0v) is 13.8. The maximum Gasteiger partial charge on any atom is 0.0217 e. The molecule has 0 amide bonds. The van der Waals surface area contributed by atoms with Crippen molar-refractivity contribution in [3.05, 3.63) is 0 Å². The first-order chi connectivity index (χ1) is 9.08. The van der Waals surface area contributed by atoms with E-state index in [2.05, 4.69) is 49.9 Å². The fourth-order valence-electron chi connectivity index (χ4n) is 3.06. The average molecular weight is 269 g/mol. The minimum atomic E-state index is 0.692. The SMILES string of the molecule is CCC(CNCC(C)C)N(C)C1CCN(CC)CC1. The van der Waals surface area contributed by atoms with E-state index in [4.69, 9.17) is 0 Å². The molecule has 19 heavy (non-hydrogen) atoms. The molecule has 1 N–H and O–H groups in total. The highest BCUT2D eigenvalue weighted by atomic mass is 15.2. The summed E-state index contributed by atoms with van der Waals surface area (Å²) in [6.07, 6.45) is 3.92. The first-order valence-corrected chi connectivity index (χ1v) is 8.23. The highest BCUT2D eigenvalue weighted by Crippen LogP contribution is 2.18. The van der Waals surface area contributed by atoms with Crippen molar-refractivity contribution in [2.75, 3.05) is 39.8 Å². The first kappa shape index (κ1) is 16.9. The molecule has 1 atom stereocenters. The molecule has 1 aliphatic heterocycles. The van der Waals surface area contributed by atoms with Crippen molar-refractivity contribution >= 4 is 0 Å². The van der Waals surface area contributed by atoms with E-state index in [1.807, 2.05) is 0 Å². The van der Waals surface area contributed by atoms with E-state index < -0.39 is 0 Å². The predicted molar refractivity (Wildman–Crippen MR) is 84.7 cm³/mol. The van der Waals surface area contributed by atoms with Gasteiger partial charge in [0.1, 0.15) is 0 Å². The molecule has 0 radical (unpaired) electrons. The summed E-state index contributed by atoms with van der Waals surface area (Å²) in [6.45, 7) is 15.2. The maximum absolute atomic E-state index is 3.62. The van der Waals surface area contributed by atoms with E-state index in [1.54, 1.807) is 0 Å². The highest BCUT2D eigenvalue weighted by molar-refractivity contribution is 4.82. The highest BCUT2D eigenvalue weighted by Gasteiger charge is 2.25. The van der Waals surface area contributed by atoms with Crippen LogP contribution in [0.15, 0.2) is 0 Å².